The number of ether oxygens (including phenoxy) is 1. The number of nitrogen functional groups attached to an aromatic ring is 1. The van der Waals surface area contributed by atoms with Gasteiger partial charge in [-0.1, -0.05) is 0 Å². The zero-order chi connectivity index (χ0) is 26.6. The van der Waals surface area contributed by atoms with Crippen LogP contribution in [0.25, 0.3) is 0 Å². The lowest BCUT2D eigenvalue weighted by molar-refractivity contribution is 0.0677. The van der Waals surface area contributed by atoms with Crippen molar-refractivity contribution in [2.75, 3.05) is 18.2 Å². The van der Waals surface area contributed by atoms with E-state index in [2.05, 4.69) is 15.5 Å². The van der Waals surface area contributed by atoms with Gasteiger partial charge in [0, 0.05) is 11.8 Å². The Morgan fingerprint density at radius 1 is 0.861 bits per heavy atom. The number of amides is 2. The number of carbonyl (C=O) groups is 4. The summed E-state index contributed by atoms with van der Waals surface area (Å²) in [5.74, 6) is -5.02. The predicted octanol–water partition coefficient (Wildman–Crippen LogP) is 3.75. The number of nitrogens with one attached hydrogen (secondary N) is 1. The highest BCUT2D eigenvalue weighted by Gasteiger charge is 2.25. The molecule has 0 aliphatic rings. The van der Waals surface area contributed by atoms with Gasteiger partial charge < -0.3 is 31.7 Å². The molecule has 0 saturated heterocycles. The number of anilines is 2. The highest BCUT2D eigenvalue weighted by molar-refractivity contribution is 6.15. The number of nitrogens with zero attached hydrogens (tertiary/aromatic N) is 2. The number of azo groups is 1. The molecule has 0 heterocycles. The van der Waals surface area contributed by atoms with Crippen LogP contribution in [0.1, 0.15) is 47.0 Å². The van der Waals surface area contributed by atoms with E-state index in [4.69, 9.17) is 16.2 Å². The molecule has 12 nitrogen and oxygen atoms in total. The van der Waals surface area contributed by atoms with Crippen LogP contribution < -0.4 is 21.5 Å². The number of aryl methyl sites for hydroxylation is 1. The van der Waals surface area contributed by atoms with E-state index in [-0.39, 0.29) is 11.4 Å². The molecule has 3 aromatic rings. The van der Waals surface area contributed by atoms with Crippen molar-refractivity contribution < 1.29 is 34.1 Å². The van der Waals surface area contributed by atoms with Crippen LogP contribution in [0.2, 0.25) is 0 Å². The number of carboxylic acids is 2. The van der Waals surface area contributed by atoms with Crippen molar-refractivity contribution in [3.05, 3.63) is 76.3 Å². The third-order valence-corrected chi connectivity index (χ3v) is 5.06. The Balaban J connectivity index is 1.99. The number of benzene rings is 3. The molecule has 0 bridgehead atoms. The Morgan fingerprint density at radius 2 is 1.44 bits per heavy atom. The minimum Gasteiger partial charge on any atom is -0.494 e. The average Bonchev–Trinajstić information content (AvgIpc) is 2.83. The summed E-state index contributed by atoms with van der Waals surface area (Å²) in [5, 5.41) is 29.8. The molecule has 2 amide bonds. The van der Waals surface area contributed by atoms with Gasteiger partial charge in [-0.3, -0.25) is 9.59 Å². The molecule has 0 saturated carbocycles. The zero-order valence-corrected chi connectivity index (χ0v) is 19.1. The monoisotopic (exact) mass is 491 g/mol. The number of primary amides is 1. The topological polar surface area (TPSA) is 207 Å². The zero-order valence-electron chi connectivity index (χ0n) is 19.1. The summed E-state index contributed by atoms with van der Waals surface area (Å²) < 4.78 is 5.33. The second-order valence-corrected chi connectivity index (χ2v) is 7.50. The number of hydrogen-bond donors (Lipinski definition) is 5. The van der Waals surface area contributed by atoms with Gasteiger partial charge in [0.1, 0.15) is 5.75 Å². The molecule has 0 radical (unpaired) electrons. The van der Waals surface area contributed by atoms with Gasteiger partial charge in [0.25, 0.3) is 5.91 Å². The largest absolute Gasteiger partial charge is 0.494 e. The van der Waals surface area contributed by atoms with E-state index >= 15 is 0 Å². The first-order valence-electron chi connectivity index (χ1n) is 10.2. The van der Waals surface area contributed by atoms with Gasteiger partial charge in [0.15, 0.2) is 0 Å². The Bertz CT molecular complexity index is 1420. The molecule has 0 aromatic heterocycles. The Morgan fingerprint density at radius 3 is 2.00 bits per heavy atom. The maximum absolute atomic E-state index is 13.0. The van der Waals surface area contributed by atoms with Gasteiger partial charge in [-0.05, 0) is 55.0 Å². The number of nitrogens with two attached hydrogens (primary N) is 2. The fourth-order valence-corrected chi connectivity index (χ4v) is 3.24. The molecule has 0 aliphatic carbocycles. The summed E-state index contributed by atoms with van der Waals surface area (Å²) in [6, 6.07) is 11.3. The summed E-state index contributed by atoms with van der Waals surface area (Å²) in [6.07, 6.45) is 0. The molecule has 0 aliphatic heterocycles. The minimum absolute atomic E-state index is 0.165. The third-order valence-electron chi connectivity index (χ3n) is 5.06. The quantitative estimate of drug-likeness (QED) is 0.231. The number of carbonyl (C=O) groups excluding carboxylic acids is 2. The van der Waals surface area contributed by atoms with E-state index in [0.717, 1.165) is 12.1 Å². The lowest BCUT2D eigenvalue weighted by atomic mass is 9.97. The van der Waals surface area contributed by atoms with Crippen LogP contribution in [0.15, 0.2) is 58.8 Å². The molecule has 36 heavy (non-hydrogen) atoms. The van der Waals surface area contributed by atoms with Crippen molar-refractivity contribution in [3.63, 3.8) is 0 Å². The van der Waals surface area contributed by atoms with Gasteiger partial charge in [-0.15, -0.1) is 0 Å². The molecule has 0 fully saturated rings. The van der Waals surface area contributed by atoms with Crippen LogP contribution in [0.3, 0.4) is 0 Å². The Kier molecular flexibility index (Phi) is 7.29. The van der Waals surface area contributed by atoms with Crippen LogP contribution >= 0.6 is 0 Å². The molecule has 0 atom stereocenters. The van der Waals surface area contributed by atoms with Crippen LogP contribution in [-0.4, -0.2) is 41.1 Å². The fourth-order valence-electron chi connectivity index (χ4n) is 3.24. The number of aromatic carboxylic acids is 2. The van der Waals surface area contributed by atoms with Gasteiger partial charge in [0.2, 0.25) is 5.91 Å². The van der Waals surface area contributed by atoms with E-state index in [1.165, 1.54) is 19.2 Å². The molecule has 0 unspecified atom stereocenters. The normalized spacial score (nSPS) is 10.7. The lowest BCUT2D eigenvalue weighted by Gasteiger charge is -2.14. The summed E-state index contributed by atoms with van der Waals surface area (Å²) in [7, 11) is 1.36. The van der Waals surface area contributed by atoms with Crippen LogP contribution in [0.5, 0.6) is 5.75 Å². The third kappa shape index (κ3) is 5.44. The van der Waals surface area contributed by atoms with E-state index in [9.17, 15) is 29.4 Å². The van der Waals surface area contributed by atoms with Crippen LogP contribution in [0, 0.1) is 6.92 Å². The Hall–Kier alpha value is -5.26. The van der Waals surface area contributed by atoms with Crippen LogP contribution in [0.4, 0.5) is 22.7 Å². The number of carboxylic acid groups (broad SMARTS) is 2. The van der Waals surface area contributed by atoms with Crippen molar-refractivity contribution >= 4 is 46.5 Å². The van der Waals surface area contributed by atoms with Crippen molar-refractivity contribution in [1.29, 1.82) is 0 Å². The van der Waals surface area contributed by atoms with Gasteiger partial charge >= 0.3 is 11.9 Å². The lowest BCUT2D eigenvalue weighted by Crippen LogP contribution is -2.22. The van der Waals surface area contributed by atoms with Crippen molar-refractivity contribution in [1.82, 2.24) is 0 Å². The number of methoxy groups -OCH3 is 1. The number of hydrogen-bond acceptors (Lipinski definition) is 8. The first kappa shape index (κ1) is 25.4. The Labute approximate surface area is 204 Å². The van der Waals surface area contributed by atoms with E-state index in [1.807, 2.05) is 0 Å². The second-order valence-electron chi connectivity index (χ2n) is 7.50. The highest BCUT2D eigenvalue weighted by atomic mass is 16.5. The molecule has 7 N–H and O–H groups in total. The maximum atomic E-state index is 13.0. The fraction of sp³-hybridized carbons (Fsp3) is 0.0833. The molecule has 12 heteroatoms. The van der Waals surface area contributed by atoms with Crippen molar-refractivity contribution in [2.45, 2.75) is 6.92 Å². The summed E-state index contributed by atoms with van der Waals surface area (Å²) in [5.41, 5.74) is 10.9. The summed E-state index contributed by atoms with van der Waals surface area (Å²) >= 11 is 0. The molecule has 0 spiro atoms. The van der Waals surface area contributed by atoms with Gasteiger partial charge in [-0.2, -0.15) is 10.2 Å². The van der Waals surface area contributed by atoms with Crippen LogP contribution in [-0.2, 0) is 0 Å². The second kappa shape index (κ2) is 10.3. The summed E-state index contributed by atoms with van der Waals surface area (Å²) in [6.45, 7) is 1.71. The van der Waals surface area contributed by atoms with Gasteiger partial charge in [0.05, 0.1) is 46.4 Å². The van der Waals surface area contributed by atoms with E-state index in [1.54, 1.807) is 31.2 Å². The maximum Gasteiger partial charge on any atom is 0.336 e. The number of rotatable bonds is 8. The minimum atomic E-state index is -1.56. The standard InChI is InChI=1S/C24H21N5O7/c1-11-7-19(20(36-2)10-18(11)29-28-13-5-3-12(25)4-6-13)27-22(31)15-9-16(23(32)33)14(21(26)30)8-17(15)24(34)35/h3-10H,25H2,1-2H3,(H2,26,30)(H,27,31)(H,32,33)(H,34,35)/b29-28+. The average molecular weight is 491 g/mol. The summed E-state index contributed by atoms with van der Waals surface area (Å²) in [4.78, 5) is 47.9. The molecular formula is C24H21N5O7. The van der Waals surface area contributed by atoms with E-state index in [0.29, 0.717) is 22.6 Å². The van der Waals surface area contributed by atoms with Gasteiger partial charge in [-0.25, -0.2) is 9.59 Å². The first-order chi connectivity index (χ1) is 17.0. The smallest absolute Gasteiger partial charge is 0.336 e. The molecule has 3 aromatic carbocycles. The SMILES string of the molecule is COc1cc(/N=N/c2ccc(N)cc2)c(C)cc1NC(=O)c1cc(C(=O)O)c(C(N)=O)cc1C(=O)O. The predicted molar refractivity (Wildman–Crippen MR) is 130 cm³/mol. The first-order valence-corrected chi connectivity index (χ1v) is 10.2. The highest BCUT2D eigenvalue weighted by Crippen LogP contribution is 2.34. The van der Waals surface area contributed by atoms with Crippen molar-refractivity contribution in [2.24, 2.45) is 16.0 Å². The van der Waals surface area contributed by atoms with E-state index < -0.39 is 46.0 Å². The molecule has 184 valence electrons. The molecule has 3 rings (SSSR count). The molecular weight excluding hydrogens is 470 g/mol. The van der Waals surface area contributed by atoms with Crippen molar-refractivity contribution in [3.8, 4) is 5.75 Å².